The number of sulfone groups is 1. The van der Waals surface area contributed by atoms with Crippen molar-refractivity contribution in [1.29, 1.82) is 0 Å². The van der Waals surface area contributed by atoms with Gasteiger partial charge >= 0.3 is 0 Å². The van der Waals surface area contributed by atoms with E-state index in [0.29, 0.717) is 0 Å². The van der Waals surface area contributed by atoms with Crippen molar-refractivity contribution in [1.82, 2.24) is 4.90 Å². The van der Waals surface area contributed by atoms with E-state index < -0.39 is 30.7 Å². The van der Waals surface area contributed by atoms with Gasteiger partial charge in [0.1, 0.15) is 4.87 Å². The third-order valence-electron chi connectivity index (χ3n) is 2.77. The molecule has 0 aromatic carbocycles. The first-order valence-corrected chi connectivity index (χ1v) is 6.87. The highest BCUT2D eigenvalue weighted by molar-refractivity contribution is 7.93. The number of amides is 1. The molecule has 0 spiro atoms. The fraction of sp³-hybridized carbons (Fsp3) is 0.875. The summed E-state index contributed by atoms with van der Waals surface area (Å²) in [5.74, 6) is -0.559. The van der Waals surface area contributed by atoms with Gasteiger partial charge in [-0.05, 0) is 20.8 Å². The molecule has 0 saturated carbocycles. The second-order valence-electron chi connectivity index (χ2n) is 4.05. The van der Waals surface area contributed by atoms with Crippen LogP contribution in [0.4, 0.5) is 0 Å². The van der Waals surface area contributed by atoms with Crippen LogP contribution in [0.1, 0.15) is 20.8 Å². The molecule has 1 unspecified atom stereocenters. The van der Waals surface area contributed by atoms with Gasteiger partial charge in [-0.25, -0.2) is 8.42 Å². The van der Waals surface area contributed by atoms with E-state index in [-0.39, 0.29) is 6.54 Å². The van der Waals surface area contributed by atoms with Crippen molar-refractivity contribution in [3.8, 4) is 0 Å². The Balaban J connectivity index is 3.13. The van der Waals surface area contributed by atoms with E-state index in [0.717, 1.165) is 0 Å². The Morgan fingerprint density at radius 1 is 1.47 bits per heavy atom. The maximum absolute atomic E-state index is 11.9. The standard InChI is InChI=1S/C8H13Cl2NO3S/c1-5-4-11(7(12)6(9)10)8(2,3)15(5,13)14/h5-6H,4H2,1-3H3. The Hall–Kier alpha value is -0.000000000000000111. The Labute approximate surface area is 99.4 Å². The van der Waals surface area contributed by atoms with Gasteiger partial charge in [0.25, 0.3) is 5.91 Å². The quantitative estimate of drug-likeness (QED) is 0.674. The van der Waals surface area contributed by atoms with E-state index >= 15 is 0 Å². The van der Waals surface area contributed by atoms with Gasteiger partial charge in [0, 0.05) is 6.54 Å². The summed E-state index contributed by atoms with van der Waals surface area (Å²) in [6, 6.07) is 0. The van der Waals surface area contributed by atoms with Gasteiger partial charge in [0.05, 0.1) is 5.25 Å². The maximum atomic E-state index is 11.9. The maximum Gasteiger partial charge on any atom is 0.257 e. The van der Waals surface area contributed by atoms with Gasteiger partial charge < -0.3 is 4.90 Å². The molecule has 0 aliphatic carbocycles. The molecule has 0 N–H and O–H groups in total. The van der Waals surface area contributed by atoms with Crippen molar-refractivity contribution < 1.29 is 13.2 Å². The van der Waals surface area contributed by atoms with Crippen molar-refractivity contribution in [3.63, 3.8) is 0 Å². The fourth-order valence-corrected chi connectivity index (χ4v) is 3.73. The molecule has 1 fully saturated rings. The number of nitrogens with zero attached hydrogens (tertiary/aromatic N) is 1. The highest BCUT2D eigenvalue weighted by Gasteiger charge is 2.53. The van der Waals surface area contributed by atoms with E-state index in [9.17, 15) is 13.2 Å². The molecule has 0 radical (unpaired) electrons. The number of carbonyl (C=O) groups excluding carboxylic acids is 1. The number of hydrogen-bond acceptors (Lipinski definition) is 3. The molecule has 15 heavy (non-hydrogen) atoms. The summed E-state index contributed by atoms with van der Waals surface area (Å²) in [4.78, 5) is 10.4. The summed E-state index contributed by atoms with van der Waals surface area (Å²) in [6.45, 7) is 4.69. The number of halogens is 2. The van der Waals surface area contributed by atoms with Crippen molar-refractivity contribution in [2.75, 3.05) is 6.54 Å². The summed E-state index contributed by atoms with van der Waals surface area (Å²) >= 11 is 10.9. The van der Waals surface area contributed by atoms with Crippen LogP contribution in [0, 0.1) is 0 Å². The molecule has 0 aromatic rings. The highest BCUT2D eigenvalue weighted by Crippen LogP contribution is 2.34. The minimum Gasteiger partial charge on any atom is -0.320 e. The molecular formula is C8H13Cl2NO3S. The van der Waals surface area contributed by atoms with Gasteiger partial charge in [-0.2, -0.15) is 0 Å². The van der Waals surface area contributed by atoms with Gasteiger partial charge in [0.15, 0.2) is 14.7 Å². The van der Waals surface area contributed by atoms with E-state index in [4.69, 9.17) is 23.2 Å². The van der Waals surface area contributed by atoms with Gasteiger partial charge in [-0.3, -0.25) is 4.79 Å². The third-order valence-corrected chi connectivity index (χ3v) is 5.96. The lowest BCUT2D eigenvalue weighted by Crippen LogP contribution is -2.48. The number of hydrogen-bond donors (Lipinski definition) is 0. The molecule has 1 aliphatic rings. The van der Waals surface area contributed by atoms with Crippen LogP contribution in [-0.4, -0.2) is 40.7 Å². The van der Waals surface area contributed by atoms with Crippen LogP contribution in [0.25, 0.3) is 0 Å². The summed E-state index contributed by atoms with van der Waals surface area (Å²) in [7, 11) is -3.34. The first kappa shape index (κ1) is 13.1. The molecule has 1 saturated heterocycles. The van der Waals surface area contributed by atoms with Crippen LogP contribution < -0.4 is 0 Å². The predicted molar refractivity (Wildman–Crippen MR) is 59.7 cm³/mol. The normalized spacial score (nSPS) is 28.4. The molecule has 88 valence electrons. The summed E-state index contributed by atoms with van der Waals surface area (Å²) in [5, 5.41) is -0.580. The van der Waals surface area contributed by atoms with Crippen LogP contribution in [0.2, 0.25) is 0 Å². The lowest BCUT2D eigenvalue weighted by Gasteiger charge is -2.30. The fourth-order valence-electron chi connectivity index (χ4n) is 1.69. The average molecular weight is 274 g/mol. The zero-order valence-electron chi connectivity index (χ0n) is 8.70. The molecule has 4 nitrogen and oxygen atoms in total. The number of rotatable bonds is 1. The van der Waals surface area contributed by atoms with Crippen LogP contribution in [0.15, 0.2) is 0 Å². The molecule has 1 amide bonds. The molecule has 1 rings (SSSR count). The summed E-state index contributed by atoms with van der Waals surface area (Å²) in [5.41, 5.74) is 0. The SMILES string of the molecule is CC1CN(C(=O)C(Cl)Cl)C(C)(C)S1(=O)=O. The Morgan fingerprint density at radius 3 is 2.20 bits per heavy atom. The van der Waals surface area contributed by atoms with E-state index in [1.54, 1.807) is 6.92 Å². The number of alkyl halides is 2. The van der Waals surface area contributed by atoms with Gasteiger partial charge in [-0.15, -0.1) is 0 Å². The Morgan fingerprint density at radius 2 is 1.93 bits per heavy atom. The van der Waals surface area contributed by atoms with Crippen molar-refractivity contribution in [2.45, 2.75) is 35.7 Å². The van der Waals surface area contributed by atoms with Crippen LogP contribution in [0.3, 0.4) is 0 Å². The third kappa shape index (κ3) is 1.85. The lowest BCUT2D eigenvalue weighted by molar-refractivity contribution is -0.131. The van der Waals surface area contributed by atoms with E-state index in [2.05, 4.69) is 0 Å². The van der Waals surface area contributed by atoms with Gasteiger partial charge in [-0.1, -0.05) is 23.2 Å². The molecular weight excluding hydrogens is 261 g/mol. The van der Waals surface area contributed by atoms with E-state index in [1.165, 1.54) is 18.7 Å². The monoisotopic (exact) mass is 273 g/mol. The molecule has 7 heteroatoms. The first-order valence-electron chi connectivity index (χ1n) is 4.45. The predicted octanol–water partition coefficient (Wildman–Crippen LogP) is 1.17. The average Bonchev–Trinajstić information content (AvgIpc) is 2.25. The van der Waals surface area contributed by atoms with Crippen LogP contribution in [0.5, 0.6) is 0 Å². The molecule has 1 atom stereocenters. The van der Waals surface area contributed by atoms with Gasteiger partial charge in [0.2, 0.25) is 0 Å². The topological polar surface area (TPSA) is 54.5 Å². The van der Waals surface area contributed by atoms with Crippen LogP contribution in [-0.2, 0) is 14.6 Å². The lowest BCUT2D eigenvalue weighted by atomic mass is 10.3. The first-order chi connectivity index (χ1) is 6.62. The van der Waals surface area contributed by atoms with Crippen molar-refractivity contribution in [2.24, 2.45) is 0 Å². The Bertz CT molecular complexity index is 377. The Kier molecular flexibility index (Phi) is 3.30. The zero-order chi connectivity index (χ0) is 12.0. The molecule has 0 bridgehead atoms. The molecule has 1 aliphatic heterocycles. The minimum absolute atomic E-state index is 0.143. The largest absolute Gasteiger partial charge is 0.320 e. The highest BCUT2D eigenvalue weighted by atomic mass is 35.5. The minimum atomic E-state index is -3.34. The molecule has 0 aromatic heterocycles. The summed E-state index contributed by atoms with van der Waals surface area (Å²) in [6.07, 6.45) is 0. The second-order valence-corrected chi connectivity index (χ2v) is 8.04. The smallest absolute Gasteiger partial charge is 0.257 e. The van der Waals surface area contributed by atoms with Crippen molar-refractivity contribution in [3.05, 3.63) is 0 Å². The summed E-state index contributed by atoms with van der Waals surface area (Å²) < 4.78 is 23.7. The van der Waals surface area contributed by atoms with Crippen LogP contribution >= 0.6 is 23.2 Å². The zero-order valence-corrected chi connectivity index (χ0v) is 11.0. The molecule has 1 heterocycles. The van der Waals surface area contributed by atoms with Crippen molar-refractivity contribution >= 4 is 38.9 Å². The second kappa shape index (κ2) is 3.79. The van der Waals surface area contributed by atoms with E-state index in [1.807, 2.05) is 0 Å². The number of carbonyl (C=O) groups is 1.